The fourth-order valence-electron chi connectivity index (χ4n) is 3.78. The van der Waals surface area contributed by atoms with Gasteiger partial charge in [-0.1, -0.05) is 42.5 Å². The maximum Gasteiger partial charge on any atom is 0.417 e. The van der Waals surface area contributed by atoms with Crippen LogP contribution in [0.1, 0.15) is 30.5 Å². The fraction of sp³-hybridized carbons (Fsp3) is 0.417. The number of methoxy groups -OCH3 is 1. The summed E-state index contributed by atoms with van der Waals surface area (Å²) in [4.78, 5) is 27.1. The van der Waals surface area contributed by atoms with E-state index in [1.807, 2.05) is 62.4 Å². The summed E-state index contributed by atoms with van der Waals surface area (Å²) in [5.41, 5.74) is 8.59. The molecule has 2 amide bonds. The van der Waals surface area contributed by atoms with Crippen molar-refractivity contribution in [3.63, 3.8) is 0 Å². The number of ether oxygens (including phenoxy) is 3. The van der Waals surface area contributed by atoms with Gasteiger partial charge in [-0.3, -0.25) is 4.79 Å². The monoisotopic (exact) mass is 462 g/mol. The number of halogens is 1. The van der Waals surface area contributed by atoms with E-state index in [1.54, 1.807) is 7.11 Å². The molecule has 32 heavy (non-hydrogen) atoms. The number of cyclic esters (lactones) is 1. The molecule has 0 radical (unpaired) electrons. The van der Waals surface area contributed by atoms with E-state index in [2.05, 4.69) is 0 Å². The van der Waals surface area contributed by atoms with E-state index in [4.69, 9.17) is 19.9 Å². The molecule has 2 N–H and O–H groups in total. The minimum absolute atomic E-state index is 0. The summed E-state index contributed by atoms with van der Waals surface area (Å²) in [7, 11) is 1.59. The van der Waals surface area contributed by atoms with Crippen molar-refractivity contribution in [2.75, 3.05) is 13.7 Å². The Morgan fingerprint density at radius 3 is 2.53 bits per heavy atom. The maximum absolute atomic E-state index is 13.4. The minimum Gasteiger partial charge on any atom is -0.496 e. The smallest absolute Gasteiger partial charge is 0.417 e. The first-order valence-corrected chi connectivity index (χ1v) is 10.5. The number of amides is 2. The van der Waals surface area contributed by atoms with Gasteiger partial charge in [0, 0.05) is 18.5 Å². The van der Waals surface area contributed by atoms with E-state index in [1.165, 1.54) is 4.90 Å². The lowest BCUT2D eigenvalue weighted by Gasteiger charge is -2.26. The molecule has 3 rings (SSSR count). The van der Waals surface area contributed by atoms with Crippen molar-refractivity contribution in [1.29, 1.82) is 0 Å². The number of carbonyl (C=O) groups excluding carboxylic acids is 2. The Morgan fingerprint density at radius 2 is 1.91 bits per heavy atom. The van der Waals surface area contributed by atoms with Crippen LogP contribution in [0.2, 0.25) is 0 Å². The summed E-state index contributed by atoms with van der Waals surface area (Å²) >= 11 is 0. The lowest BCUT2D eigenvalue weighted by molar-refractivity contribution is -0.144. The van der Waals surface area contributed by atoms with Crippen molar-refractivity contribution in [1.82, 2.24) is 4.90 Å². The highest BCUT2D eigenvalue weighted by atomic mass is 35.5. The van der Waals surface area contributed by atoms with Crippen LogP contribution in [0.3, 0.4) is 0 Å². The first kappa shape index (κ1) is 25.6. The molecule has 0 saturated carbocycles. The summed E-state index contributed by atoms with van der Waals surface area (Å²) in [6.45, 7) is 4.22. The van der Waals surface area contributed by atoms with Crippen LogP contribution < -0.4 is 10.5 Å². The van der Waals surface area contributed by atoms with Gasteiger partial charge in [0.05, 0.1) is 19.3 Å². The standard InChI is InChI=1S/C24H30N2O5.ClH/c1-16(2)31-22(13-18-9-10-21(29-3)19(11-18)14-25)23(27)26-20(15-30-24(26)28)12-17-7-5-4-6-8-17;/h4-11,16,20,22H,12-15,25H2,1-3H3;1H/t20-,22-;/m0./s1. The second kappa shape index (κ2) is 11.9. The van der Waals surface area contributed by atoms with Gasteiger partial charge in [0.1, 0.15) is 18.5 Å². The van der Waals surface area contributed by atoms with Crippen molar-refractivity contribution in [3.8, 4) is 5.75 Å². The molecule has 1 aliphatic heterocycles. The summed E-state index contributed by atoms with van der Waals surface area (Å²) in [6, 6.07) is 15.0. The summed E-state index contributed by atoms with van der Waals surface area (Å²) < 4.78 is 16.5. The Hall–Kier alpha value is -2.61. The molecule has 0 unspecified atom stereocenters. The molecule has 0 spiro atoms. The fourth-order valence-corrected chi connectivity index (χ4v) is 3.78. The van der Waals surface area contributed by atoms with Crippen molar-refractivity contribution in [3.05, 3.63) is 65.2 Å². The van der Waals surface area contributed by atoms with Crippen molar-refractivity contribution in [2.24, 2.45) is 5.73 Å². The van der Waals surface area contributed by atoms with E-state index < -0.39 is 12.2 Å². The molecule has 1 heterocycles. The minimum atomic E-state index is -0.817. The highest BCUT2D eigenvalue weighted by Gasteiger charge is 2.41. The van der Waals surface area contributed by atoms with Crippen molar-refractivity contribution < 1.29 is 23.8 Å². The van der Waals surface area contributed by atoms with Gasteiger partial charge in [0.15, 0.2) is 0 Å². The van der Waals surface area contributed by atoms with E-state index in [9.17, 15) is 9.59 Å². The Kier molecular flexibility index (Phi) is 9.50. The van der Waals surface area contributed by atoms with Gasteiger partial charge in [-0.15, -0.1) is 12.4 Å². The molecule has 1 saturated heterocycles. The molecule has 1 aliphatic rings. The molecule has 2 aromatic rings. The predicted molar refractivity (Wildman–Crippen MR) is 124 cm³/mol. The lowest BCUT2D eigenvalue weighted by atomic mass is 10.0. The maximum atomic E-state index is 13.4. The normalized spacial score (nSPS) is 16.5. The highest BCUT2D eigenvalue weighted by molar-refractivity contribution is 5.96. The molecule has 2 atom stereocenters. The third kappa shape index (κ3) is 6.22. The number of nitrogens with zero attached hydrogens (tertiary/aromatic N) is 1. The van der Waals surface area contributed by atoms with Crippen LogP contribution in [-0.4, -0.2) is 48.9 Å². The van der Waals surface area contributed by atoms with E-state index in [-0.39, 0.29) is 37.1 Å². The predicted octanol–water partition coefficient (Wildman–Crippen LogP) is 3.50. The number of imide groups is 1. The van der Waals surface area contributed by atoms with Crippen molar-refractivity contribution in [2.45, 2.75) is 51.5 Å². The number of hydrogen-bond donors (Lipinski definition) is 1. The molecular weight excluding hydrogens is 432 g/mol. The largest absolute Gasteiger partial charge is 0.496 e. The SMILES string of the molecule is COc1ccc(C[C@H](OC(C)C)C(=O)N2C(=O)OC[C@@H]2Cc2ccccc2)cc1CN.Cl. The van der Waals surface area contributed by atoms with Gasteiger partial charge in [-0.2, -0.15) is 0 Å². The van der Waals surface area contributed by atoms with Crippen LogP contribution in [0.4, 0.5) is 4.79 Å². The number of hydrogen-bond acceptors (Lipinski definition) is 6. The van der Waals surface area contributed by atoms with Crippen LogP contribution in [-0.2, 0) is 33.7 Å². The Bertz CT molecular complexity index is 907. The number of benzene rings is 2. The average Bonchev–Trinajstić information content (AvgIpc) is 3.12. The van der Waals surface area contributed by atoms with Gasteiger partial charge in [0.2, 0.25) is 0 Å². The average molecular weight is 463 g/mol. The van der Waals surface area contributed by atoms with E-state index in [0.29, 0.717) is 25.1 Å². The first-order valence-electron chi connectivity index (χ1n) is 10.5. The van der Waals surface area contributed by atoms with Crippen LogP contribution in [0.5, 0.6) is 5.75 Å². The number of carbonyl (C=O) groups is 2. The number of rotatable bonds is 9. The number of nitrogens with two attached hydrogens (primary N) is 1. The molecule has 174 valence electrons. The molecule has 1 fully saturated rings. The van der Waals surface area contributed by atoms with Gasteiger partial charge >= 0.3 is 6.09 Å². The molecule has 8 heteroatoms. The third-order valence-electron chi connectivity index (χ3n) is 5.21. The lowest BCUT2D eigenvalue weighted by Crippen LogP contribution is -2.47. The van der Waals surface area contributed by atoms with E-state index >= 15 is 0 Å². The van der Waals surface area contributed by atoms with Crippen LogP contribution >= 0.6 is 12.4 Å². The summed E-state index contributed by atoms with van der Waals surface area (Å²) in [5.74, 6) is 0.312. The Balaban J connectivity index is 0.00000363. The van der Waals surface area contributed by atoms with Crippen LogP contribution in [0.15, 0.2) is 48.5 Å². The second-order valence-electron chi connectivity index (χ2n) is 7.86. The molecule has 0 aromatic heterocycles. The van der Waals surface area contributed by atoms with Crippen molar-refractivity contribution >= 4 is 24.4 Å². The zero-order valence-corrected chi connectivity index (χ0v) is 19.5. The van der Waals surface area contributed by atoms with Gasteiger partial charge in [-0.25, -0.2) is 9.69 Å². The van der Waals surface area contributed by atoms with Gasteiger partial charge in [0.25, 0.3) is 5.91 Å². The highest BCUT2D eigenvalue weighted by Crippen LogP contribution is 2.24. The van der Waals surface area contributed by atoms with Crippen LogP contribution in [0, 0.1) is 0 Å². The zero-order valence-electron chi connectivity index (χ0n) is 18.7. The molecule has 7 nitrogen and oxygen atoms in total. The summed E-state index contributed by atoms with van der Waals surface area (Å²) in [5, 5.41) is 0. The second-order valence-corrected chi connectivity index (χ2v) is 7.86. The molecular formula is C24H31ClN2O5. The quantitative estimate of drug-likeness (QED) is 0.613. The first-order chi connectivity index (χ1) is 14.9. The summed E-state index contributed by atoms with van der Waals surface area (Å²) in [6.07, 6.45) is -0.779. The Morgan fingerprint density at radius 1 is 1.19 bits per heavy atom. The van der Waals surface area contributed by atoms with Gasteiger partial charge in [-0.05, 0) is 37.5 Å². The molecule has 2 aromatic carbocycles. The van der Waals surface area contributed by atoms with E-state index in [0.717, 1.165) is 16.7 Å². The van der Waals surface area contributed by atoms with Gasteiger partial charge < -0.3 is 19.9 Å². The Labute approximate surface area is 195 Å². The molecule has 0 aliphatic carbocycles. The third-order valence-corrected chi connectivity index (χ3v) is 5.21. The zero-order chi connectivity index (χ0) is 22.4. The topological polar surface area (TPSA) is 91.1 Å². The van der Waals surface area contributed by atoms with Crippen LogP contribution in [0.25, 0.3) is 0 Å². The molecule has 0 bridgehead atoms.